The van der Waals surface area contributed by atoms with Gasteiger partial charge in [0, 0.05) is 12.8 Å². The lowest BCUT2D eigenvalue weighted by Crippen LogP contribution is -2.48. The lowest BCUT2D eigenvalue weighted by atomic mass is 10.1. The largest absolute Gasteiger partial charge is 0.494 e. The lowest BCUT2D eigenvalue weighted by molar-refractivity contribution is -0.138. The molecule has 2 amide bonds. The van der Waals surface area contributed by atoms with Gasteiger partial charge in [-0.15, -0.1) is 6.58 Å². The van der Waals surface area contributed by atoms with Crippen molar-refractivity contribution in [2.24, 2.45) is 0 Å². The Kier molecular flexibility index (Phi) is 13.5. The molecule has 1 unspecified atom stereocenters. The molecule has 0 heterocycles. The maximum absolute atomic E-state index is 12.3. The minimum atomic E-state index is -1.14. The predicted octanol–water partition coefficient (Wildman–Crippen LogP) is 3.45. The van der Waals surface area contributed by atoms with Gasteiger partial charge in [-0.25, -0.2) is 0 Å². The van der Waals surface area contributed by atoms with Crippen molar-refractivity contribution in [1.29, 1.82) is 0 Å². The van der Waals surface area contributed by atoms with Crippen LogP contribution in [0.3, 0.4) is 0 Å². The number of ether oxygens (including phenoxy) is 1. The molecule has 30 heavy (non-hydrogen) atoms. The molecule has 7 nitrogen and oxygen atoms in total. The molecule has 0 bridgehead atoms. The van der Waals surface area contributed by atoms with Crippen molar-refractivity contribution in [2.75, 3.05) is 13.2 Å². The van der Waals surface area contributed by atoms with Crippen LogP contribution in [0.25, 0.3) is 0 Å². The Morgan fingerprint density at radius 1 is 1.03 bits per heavy atom. The van der Waals surface area contributed by atoms with E-state index in [1.54, 1.807) is 12.1 Å². The van der Waals surface area contributed by atoms with Gasteiger partial charge < -0.3 is 20.5 Å². The highest BCUT2D eigenvalue weighted by Crippen LogP contribution is 2.10. The second-order valence-electron chi connectivity index (χ2n) is 7.13. The Morgan fingerprint density at radius 3 is 2.37 bits per heavy atom. The van der Waals surface area contributed by atoms with E-state index in [9.17, 15) is 14.4 Å². The number of allylic oxidation sites excluding steroid dienone is 1. The fraction of sp³-hybridized carbons (Fsp3) is 0.522. The molecule has 0 aromatic heterocycles. The maximum Gasteiger partial charge on any atom is 0.322 e. The van der Waals surface area contributed by atoms with Crippen molar-refractivity contribution in [3.8, 4) is 5.75 Å². The number of unbranched alkanes of at least 4 members (excludes halogenated alkanes) is 6. The third kappa shape index (κ3) is 12.6. The first-order valence-electron chi connectivity index (χ1n) is 10.6. The van der Waals surface area contributed by atoms with Gasteiger partial charge in [-0.2, -0.15) is 0 Å². The van der Waals surface area contributed by atoms with Gasteiger partial charge in [0.1, 0.15) is 18.3 Å². The summed E-state index contributed by atoms with van der Waals surface area (Å²) in [6.45, 7) is 3.44. The van der Waals surface area contributed by atoms with E-state index in [4.69, 9.17) is 9.84 Å². The zero-order valence-electron chi connectivity index (χ0n) is 17.6. The quantitative estimate of drug-likeness (QED) is 0.265. The number of carbonyl (C=O) groups excluding carboxylic acids is 2. The Balaban J connectivity index is 2.37. The Labute approximate surface area is 178 Å². The maximum atomic E-state index is 12.3. The first kappa shape index (κ1) is 25.2. The molecule has 1 atom stereocenters. The molecule has 166 valence electrons. The first-order valence-corrected chi connectivity index (χ1v) is 10.6. The number of hydrogen-bond acceptors (Lipinski definition) is 4. The lowest BCUT2D eigenvalue weighted by Gasteiger charge is -2.18. The molecule has 7 heteroatoms. The summed E-state index contributed by atoms with van der Waals surface area (Å²) in [6.07, 6.45) is 9.84. The van der Waals surface area contributed by atoms with E-state index in [1.165, 1.54) is 6.42 Å². The smallest absolute Gasteiger partial charge is 0.322 e. The van der Waals surface area contributed by atoms with E-state index in [2.05, 4.69) is 17.2 Å². The van der Waals surface area contributed by atoms with Gasteiger partial charge in [-0.05, 0) is 31.4 Å². The van der Waals surface area contributed by atoms with Crippen LogP contribution in [0.2, 0.25) is 0 Å². The van der Waals surface area contributed by atoms with Gasteiger partial charge in [0.05, 0.1) is 6.61 Å². The van der Waals surface area contributed by atoms with Gasteiger partial charge in [0.25, 0.3) is 0 Å². The molecular weight excluding hydrogens is 384 g/mol. The number of hydrogen-bond donors (Lipinski definition) is 3. The van der Waals surface area contributed by atoms with Crippen LogP contribution in [-0.2, 0) is 14.4 Å². The molecule has 0 saturated carbocycles. The highest BCUT2D eigenvalue weighted by molar-refractivity contribution is 5.89. The molecule has 0 fully saturated rings. The number of rotatable bonds is 17. The van der Waals surface area contributed by atoms with E-state index in [1.807, 2.05) is 24.3 Å². The zero-order valence-corrected chi connectivity index (χ0v) is 17.6. The molecule has 0 radical (unpaired) electrons. The van der Waals surface area contributed by atoms with Gasteiger partial charge in [0.15, 0.2) is 0 Å². The van der Waals surface area contributed by atoms with Crippen molar-refractivity contribution in [3.05, 3.63) is 43.0 Å². The summed E-state index contributed by atoms with van der Waals surface area (Å²) in [5.74, 6) is -1.20. The van der Waals surface area contributed by atoms with E-state index < -0.39 is 24.5 Å². The molecule has 0 spiro atoms. The standard InChI is InChI=1S/C23H34N2O5/c1-2-3-4-5-6-7-8-12-15-21(26)25-20(23(29)24-18-22(27)28)16-17-30-19-13-10-9-11-14-19/h2,9-11,13-14,20H,1,3-8,12,15-18H2,(H,24,29)(H,25,26)(H,27,28). The second-order valence-corrected chi connectivity index (χ2v) is 7.13. The number of nitrogens with one attached hydrogen (secondary N) is 2. The molecule has 3 N–H and O–H groups in total. The van der Waals surface area contributed by atoms with Crippen LogP contribution in [0.5, 0.6) is 5.75 Å². The molecule has 0 aliphatic rings. The number of carbonyl (C=O) groups is 3. The highest BCUT2D eigenvalue weighted by Gasteiger charge is 2.21. The number of para-hydroxylation sites is 1. The summed E-state index contributed by atoms with van der Waals surface area (Å²) in [5, 5.41) is 13.8. The zero-order chi connectivity index (χ0) is 22.0. The summed E-state index contributed by atoms with van der Waals surface area (Å²) < 4.78 is 5.59. The number of aliphatic carboxylic acids is 1. The van der Waals surface area contributed by atoms with Crippen LogP contribution in [0.15, 0.2) is 43.0 Å². The van der Waals surface area contributed by atoms with E-state index in [0.717, 1.165) is 38.5 Å². The monoisotopic (exact) mass is 418 g/mol. The summed E-state index contributed by atoms with van der Waals surface area (Å²) in [6, 6.07) is 8.32. The third-order valence-electron chi connectivity index (χ3n) is 4.55. The van der Waals surface area contributed by atoms with Gasteiger partial charge in [-0.3, -0.25) is 14.4 Å². The van der Waals surface area contributed by atoms with Crippen LogP contribution < -0.4 is 15.4 Å². The van der Waals surface area contributed by atoms with E-state index in [-0.39, 0.29) is 18.9 Å². The summed E-state index contributed by atoms with van der Waals surface area (Å²) in [7, 11) is 0. The Hall–Kier alpha value is -2.83. The average Bonchev–Trinajstić information content (AvgIpc) is 2.74. The van der Waals surface area contributed by atoms with Gasteiger partial charge in [0.2, 0.25) is 11.8 Å². The molecule has 1 aromatic rings. The number of benzene rings is 1. The molecule has 0 aliphatic heterocycles. The summed E-state index contributed by atoms with van der Waals surface area (Å²) in [4.78, 5) is 35.2. The number of amides is 2. The summed E-state index contributed by atoms with van der Waals surface area (Å²) >= 11 is 0. The molecule has 1 rings (SSSR count). The van der Waals surface area contributed by atoms with Crippen LogP contribution in [0, 0.1) is 0 Å². The second kappa shape index (κ2) is 16.0. The number of carboxylic acids is 1. The fourth-order valence-electron chi connectivity index (χ4n) is 2.91. The minimum absolute atomic E-state index is 0.211. The number of carboxylic acid groups (broad SMARTS) is 1. The van der Waals surface area contributed by atoms with E-state index >= 15 is 0 Å². The van der Waals surface area contributed by atoms with Crippen LogP contribution in [0.4, 0.5) is 0 Å². The molecule has 1 aromatic carbocycles. The Morgan fingerprint density at radius 2 is 1.70 bits per heavy atom. The molecule has 0 saturated heterocycles. The highest BCUT2D eigenvalue weighted by atomic mass is 16.5. The van der Waals surface area contributed by atoms with Crippen molar-refractivity contribution in [3.63, 3.8) is 0 Å². The van der Waals surface area contributed by atoms with Gasteiger partial charge in [-0.1, -0.05) is 50.0 Å². The Bertz CT molecular complexity index is 648. The predicted molar refractivity (Wildman–Crippen MR) is 116 cm³/mol. The van der Waals surface area contributed by atoms with E-state index in [0.29, 0.717) is 12.2 Å². The van der Waals surface area contributed by atoms with Crippen molar-refractivity contribution in [2.45, 2.75) is 63.8 Å². The average molecular weight is 419 g/mol. The summed E-state index contributed by atoms with van der Waals surface area (Å²) in [5.41, 5.74) is 0. The first-order chi connectivity index (χ1) is 14.5. The third-order valence-corrected chi connectivity index (χ3v) is 4.55. The van der Waals surface area contributed by atoms with Crippen LogP contribution >= 0.6 is 0 Å². The van der Waals surface area contributed by atoms with Crippen LogP contribution in [-0.4, -0.2) is 42.1 Å². The normalized spacial score (nSPS) is 11.3. The van der Waals surface area contributed by atoms with Crippen molar-refractivity contribution in [1.82, 2.24) is 10.6 Å². The van der Waals surface area contributed by atoms with Crippen molar-refractivity contribution < 1.29 is 24.2 Å². The SMILES string of the molecule is C=CCCCCCCCCC(=O)NC(CCOc1ccccc1)C(=O)NCC(=O)O. The van der Waals surface area contributed by atoms with Gasteiger partial charge >= 0.3 is 5.97 Å². The van der Waals surface area contributed by atoms with Crippen LogP contribution in [0.1, 0.15) is 57.8 Å². The molecule has 0 aliphatic carbocycles. The topological polar surface area (TPSA) is 105 Å². The van der Waals surface area contributed by atoms with Crippen molar-refractivity contribution >= 4 is 17.8 Å². The minimum Gasteiger partial charge on any atom is -0.494 e. The fourth-order valence-corrected chi connectivity index (χ4v) is 2.91. The molecular formula is C23H34N2O5.